The number of nitrogens with one attached hydrogen (secondary N) is 2. The van der Waals surface area contributed by atoms with Crippen molar-refractivity contribution in [1.82, 2.24) is 10.3 Å². The maximum Gasteiger partial charge on any atom is 0.224 e. The van der Waals surface area contributed by atoms with Gasteiger partial charge in [0.05, 0.1) is 16.5 Å². The van der Waals surface area contributed by atoms with Crippen LogP contribution in [0.5, 0.6) is 0 Å². The highest BCUT2D eigenvalue weighted by Crippen LogP contribution is 2.23. The molecule has 3 nitrogen and oxygen atoms in total. The lowest BCUT2D eigenvalue weighted by Crippen LogP contribution is -2.27. The lowest BCUT2D eigenvalue weighted by Gasteiger charge is -2.06. The third-order valence-corrected chi connectivity index (χ3v) is 4.77. The number of H-pyrrole nitrogens is 1. The molecule has 0 fully saturated rings. The minimum absolute atomic E-state index is 0.0498. The molecule has 24 heavy (non-hydrogen) atoms. The van der Waals surface area contributed by atoms with Gasteiger partial charge in [-0.2, -0.15) is 0 Å². The van der Waals surface area contributed by atoms with Crippen molar-refractivity contribution < 1.29 is 4.79 Å². The van der Waals surface area contributed by atoms with Crippen molar-refractivity contribution >= 4 is 51.6 Å². The van der Waals surface area contributed by atoms with Crippen molar-refractivity contribution in [3.05, 3.63) is 68.8 Å². The molecular weight excluding hydrogens is 367 g/mol. The molecule has 1 aromatic heterocycles. The van der Waals surface area contributed by atoms with Crippen molar-refractivity contribution in [2.75, 3.05) is 6.54 Å². The van der Waals surface area contributed by atoms with Gasteiger partial charge in [-0.15, -0.1) is 0 Å². The van der Waals surface area contributed by atoms with E-state index in [2.05, 4.69) is 10.3 Å². The Bertz CT molecular complexity index is 889. The molecule has 2 aromatic carbocycles. The first-order chi connectivity index (χ1) is 11.5. The second-order valence-electron chi connectivity index (χ2n) is 5.53. The number of halogens is 3. The SMILES string of the molecule is O=C(Cc1ccc(Cl)c(Cl)c1)NCCc1c[nH]c2ccc(Cl)cc12. The predicted octanol–water partition coefficient (Wildman–Crippen LogP) is 5.03. The van der Waals surface area contributed by atoms with Crippen LogP contribution in [0.3, 0.4) is 0 Å². The Hall–Kier alpha value is -1.68. The first-order valence-electron chi connectivity index (χ1n) is 7.49. The number of amides is 1. The molecule has 124 valence electrons. The highest BCUT2D eigenvalue weighted by molar-refractivity contribution is 6.42. The minimum atomic E-state index is -0.0498. The number of rotatable bonds is 5. The van der Waals surface area contributed by atoms with Gasteiger partial charge in [0.2, 0.25) is 5.91 Å². The van der Waals surface area contributed by atoms with E-state index in [0.717, 1.165) is 28.5 Å². The molecule has 0 bridgehead atoms. The topological polar surface area (TPSA) is 44.9 Å². The van der Waals surface area contributed by atoms with Crippen molar-refractivity contribution in [2.45, 2.75) is 12.8 Å². The summed E-state index contributed by atoms with van der Waals surface area (Å²) in [5, 5.41) is 5.65. The fraction of sp³-hybridized carbons (Fsp3) is 0.167. The minimum Gasteiger partial charge on any atom is -0.361 e. The van der Waals surface area contributed by atoms with Crippen LogP contribution in [-0.4, -0.2) is 17.4 Å². The van der Waals surface area contributed by atoms with E-state index in [9.17, 15) is 4.79 Å². The van der Waals surface area contributed by atoms with Gasteiger partial charge < -0.3 is 10.3 Å². The molecule has 0 saturated carbocycles. The van der Waals surface area contributed by atoms with Crippen LogP contribution >= 0.6 is 34.8 Å². The lowest BCUT2D eigenvalue weighted by atomic mass is 10.1. The summed E-state index contributed by atoms with van der Waals surface area (Å²) in [6.45, 7) is 0.555. The van der Waals surface area contributed by atoms with Gasteiger partial charge in [0, 0.05) is 28.7 Å². The van der Waals surface area contributed by atoms with Gasteiger partial charge in [-0.1, -0.05) is 40.9 Å². The molecule has 0 aliphatic rings. The van der Waals surface area contributed by atoms with Gasteiger partial charge in [-0.3, -0.25) is 4.79 Å². The number of carbonyl (C=O) groups is 1. The van der Waals surface area contributed by atoms with Crippen LogP contribution in [0.4, 0.5) is 0 Å². The molecule has 0 aliphatic carbocycles. The molecular formula is C18H15Cl3N2O. The summed E-state index contributed by atoms with van der Waals surface area (Å²) in [7, 11) is 0. The van der Waals surface area contributed by atoms with Crippen LogP contribution < -0.4 is 5.32 Å². The summed E-state index contributed by atoms with van der Waals surface area (Å²) in [5.41, 5.74) is 3.00. The Kier molecular flexibility index (Phi) is 5.34. The summed E-state index contributed by atoms with van der Waals surface area (Å²) < 4.78 is 0. The Morgan fingerprint density at radius 3 is 2.67 bits per heavy atom. The Labute approximate surface area is 154 Å². The first kappa shape index (κ1) is 17.2. The maximum absolute atomic E-state index is 12.0. The molecule has 2 N–H and O–H groups in total. The molecule has 0 aliphatic heterocycles. The molecule has 3 aromatic rings. The number of aromatic amines is 1. The van der Waals surface area contributed by atoms with E-state index in [-0.39, 0.29) is 12.3 Å². The van der Waals surface area contributed by atoms with E-state index >= 15 is 0 Å². The number of aromatic nitrogens is 1. The lowest BCUT2D eigenvalue weighted by molar-refractivity contribution is -0.120. The van der Waals surface area contributed by atoms with Crippen LogP contribution in [0.2, 0.25) is 15.1 Å². The number of carbonyl (C=O) groups excluding carboxylic acids is 1. The summed E-state index contributed by atoms with van der Waals surface area (Å²) >= 11 is 17.9. The second-order valence-corrected chi connectivity index (χ2v) is 6.78. The highest BCUT2D eigenvalue weighted by Gasteiger charge is 2.07. The quantitative estimate of drug-likeness (QED) is 0.639. The third kappa shape index (κ3) is 4.04. The number of benzene rings is 2. The van der Waals surface area contributed by atoms with Crippen LogP contribution in [0.1, 0.15) is 11.1 Å². The fourth-order valence-electron chi connectivity index (χ4n) is 2.59. The van der Waals surface area contributed by atoms with Crippen LogP contribution in [-0.2, 0) is 17.6 Å². The van der Waals surface area contributed by atoms with E-state index in [1.165, 1.54) is 0 Å². The van der Waals surface area contributed by atoms with Crippen molar-refractivity contribution in [3.8, 4) is 0 Å². The molecule has 1 heterocycles. The Morgan fingerprint density at radius 1 is 1.04 bits per heavy atom. The van der Waals surface area contributed by atoms with Gasteiger partial charge >= 0.3 is 0 Å². The smallest absolute Gasteiger partial charge is 0.224 e. The average Bonchev–Trinajstić information content (AvgIpc) is 2.93. The summed E-state index contributed by atoms with van der Waals surface area (Å²) in [6.07, 6.45) is 2.95. The normalized spacial score (nSPS) is 11.0. The van der Waals surface area contributed by atoms with Gasteiger partial charge in [0.15, 0.2) is 0 Å². The van der Waals surface area contributed by atoms with Crippen molar-refractivity contribution in [1.29, 1.82) is 0 Å². The zero-order chi connectivity index (χ0) is 17.1. The van der Waals surface area contributed by atoms with Crippen LogP contribution in [0, 0.1) is 0 Å². The second kappa shape index (κ2) is 7.47. The van der Waals surface area contributed by atoms with E-state index < -0.39 is 0 Å². The van der Waals surface area contributed by atoms with E-state index in [4.69, 9.17) is 34.8 Å². The molecule has 6 heteroatoms. The summed E-state index contributed by atoms with van der Waals surface area (Å²) in [6, 6.07) is 10.9. The maximum atomic E-state index is 12.0. The van der Waals surface area contributed by atoms with E-state index in [1.54, 1.807) is 18.2 Å². The van der Waals surface area contributed by atoms with Crippen molar-refractivity contribution in [3.63, 3.8) is 0 Å². The number of hydrogen-bond acceptors (Lipinski definition) is 1. The average molecular weight is 382 g/mol. The Balaban J connectivity index is 1.56. The zero-order valence-electron chi connectivity index (χ0n) is 12.7. The predicted molar refractivity (Wildman–Crippen MR) is 100 cm³/mol. The number of hydrogen-bond donors (Lipinski definition) is 2. The molecule has 0 spiro atoms. The molecule has 0 saturated heterocycles. The molecule has 0 atom stereocenters. The van der Waals surface area contributed by atoms with Gasteiger partial charge in [0.1, 0.15) is 0 Å². The molecule has 3 rings (SSSR count). The molecule has 0 unspecified atom stereocenters. The van der Waals surface area contributed by atoms with Crippen molar-refractivity contribution in [2.24, 2.45) is 0 Å². The molecule has 1 amide bonds. The van der Waals surface area contributed by atoms with Gasteiger partial charge in [0.25, 0.3) is 0 Å². The first-order valence-corrected chi connectivity index (χ1v) is 8.62. The van der Waals surface area contributed by atoms with Crippen LogP contribution in [0.15, 0.2) is 42.6 Å². The number of fused-ring (bicyclic) bond motifs is 1. The third-order valence-electron chi connectivity index (χ3n) is 3.79. The fourth-order valence-corrected chi connectivity index (χ4v) is 3.08. The molecule has 0 radical (unpaired) electrons. The monoisotopic (exact) mass is 380 g/mol. The Morgan fingerprint density at radius 2 is 1.88 bits per heavy atom. The largest absolute Gasteiger partial charge is 0.361 e. The van der Waals surface area contributed by atoms with E-state index in [1.807, 2.05) is 24.4 Å². The van der Waals surface area contributed by atoms with Gasteiger partial charge in [-0.25, -0.2) is 0 Å². The van der Waals surface area contributed by atoms with E-state index in [0.29, 0.717) is 21.6 Å². The summed E-state index contributed by atoms with van der Waals surface area (Å²) in [5.74, 6) is -0.0498. The zero-order valence-corrected chi connectivity index (χ0v) is 15.0. The van der Waals surface area contributed by atoms with Gasteiger partial charge in [-0.05, 0) is 47.9 Å². The van der Waals surface area contributed by atoms with Crippen LogP contribution in [0.25, 0.3) is 10.9 Å². The highest BCUT2D eigenvalue weighted by atomic mass is 35.5. The standard InChI is InChI=1S/C18H15Cl3N2O/c19-13-2-4-17-14(9-13)12(10-23-17)5-6-22-18(24)8-11-1-3-15(20)16(21)7-11/h1-4,7,9-10,23H,5-6,8H2,(H,22,24). The summed E-state index contributed by atoms with van der Waals surface area (Å²) in [4.78, 5) is 15.2.